The zero-order chi connectivity index (χ0) is 16.2. The van der Waals surface area contributed by atoms with Crippen molar-refractivity contribution in [3.8, 4) is 0 Å². The fourth-order valence-corrected chi connectivity index (χ4v) is 2.61. The summed E-state index contributed by atoms with van der Waals surface area (Å²) in [5.41, 5.74) is 1.25. The molecular weight excluding hydrogens is 362 g/mol. The van der Waals surface area contributed by atoms with Crippen LogP contribution < -0.4 is 5.32 Å². The van der Waals surface area contributed by atoms with Gasteiger partial charge in [0.15, 0.2) is 0 Å². The van der Waals surface area contributed by atoms with Gasteiger partial charge in [0.1, 0.15) is 15.9 Å². The van der Waals surface area contributed by atoms with Gasteiger partial charge in [-0.2, -0.15) is 0 Å². The van der Waals surface area contributed by atoms with Gasteiger partial charge in [-0.1, -0.05) is 22.0 Å². The van der Waals surface area contributed by atoms with Gasteiger partial charge < -0.3 is 10.4 Å². The average Bonchev–Trinajstić information content (AvgIpc) is 2.36. The van der Waals surface area contributed by atoms with Crippen molar-refractivity contribution in [2.75, 3.05) is 12.0 Å². The summed E-state index contributed by atoms with van der Waals surface area (Å²) in [7, 11) is -3.29. The van der Waals surface area contributed by atoms with E-state index < -0.39 is 27.8 Å². The molecule has 0 fully saturated rings. The lowest BCUT2D eigenvalue weighted by atomic mass is 10.1. The minimum atomic E-state index is -3.29. The molecule has 0 saturated carbocycles. The molecule has 0 spiro atoms. The van der Waals surface area contributed by atoms with Crippen molar-refractivity contribution in [2.24, 2.45) is 0 Å². The standard InChI is InChI=1S/C13H16BrNO5S/c1-8-3-4-9(7-10(8)14)12(16)15-11(13(17)18)5-6-21(2,19)20/h3-4,7,11H,5-6H2,1-2H3,(H,15,16)(H,17,18). The maximum atomic E-state index is 12.0. The number of sulfone groups is 1. The molecule has 0 aliphatic carbocycles. The molecule has 0 saturated heterocycles. The van der Waals surface area contributed by atoms with Crippen LogP contribution in [0.5, 0.6) is 0 Å². The van der Waals surface area contributed by atoms with E-state index in [1.165, 1.54) is 0 Å². The number of benzene rings is 1. The van der Waals surface area contributed by atoms with E-state index in [0.29, 0.717) is 5.56 Å². The number of rotatable bonds is 6. The van der Waals surface area contributed by atoms with Crippen molar-refractivity contribution in [1.82, 2.24) is 5.32 Å². The number of hydrogen-bond acceptors (Lipinski definition) is 4. The molecule has 2 N–H and O–H groups in total. The summed E-state index contributed by atoms with van der Waals surface area (Å²) in [6.07, 6.45) is 0.845. The van der Waals surface area contributed by atoms with Gasteiger partial charge in [-0.25, -0.2) is 13.2 Å². The molecule has 1 rings (SSSR count). The SMILES string of the molecule is Cc1ccc(C(=O)NC(CCS(C)(=O)=O)C(=O)O)cc1Br. The smallest absolute Gasteiger partial charge is 0.326 e. The highest BCUT2D eigenvalue weighted by Crippen LogP contribution is 2.17. The highest BCUT2D eigenvalue weighted by atomic mass is 79.9. The van der Waals surface area contributed by atoms with Crippen molar-refractivity contribution in [3.63, 3.8) is 0 Å². The third kappa shape index (κ3) is 5.84. The first-order chi connectivity index (χ1) is 9.60. The molecule has 0 heterocycles. The summed E-state index contributed by atoms with van der Waals surface area (Å²) < 4.78 is 22.9. The number of amides is 1. The van der Waals surface area contributed by atoms with Crippen LogP contribution in [0, 0.1) is 6.92 Å². The van der Waals surface area contributed by atoms with E-state index in [0.717, 1.165) is 16.3 Å². The lowest BCUT2D eigenvalue weighted by Crippen LogP contribution is -2.41. The first-order valence-corrected chi connectivity index (χ1v) is 8.93. The molecule has 1 unspecified atom stereocenters. The molecule has 1 aromatic carbocycles. The normalized spacial score (nSPS) is 12.7. The number of nitrogens with one attached hydrogen (secondary N) is 1. The highest BCUT2D eigenvalue weighted by Gasteiger charge is 2.22. The number of hydrogen-bond donors (Lipinski definition) is 2. The predicted molar refractivity (Wildman–Crippen MR) is 82.1 cm³/mol. The zero-order valence-corrected chi connectivity index (χ0v) is 14.0. The summed E-state index contributed by atoms with van der Waals surface area (Å²) in [6.45, 7) is 1.86. The second-order valence-electron chi connectivity index (χ2n) is 4.75. The minimum absolute atomic E-state index is 0.174. The Morgan fingerprint density at radius 3 is 2.48 bits per heavy atom. The molecular formula is C13H16BrNO5S. The van der Waals surface area contributed by atoms with E-state index in [2.05, 4.69) is 21.2 Å². The van der Waals surface area contributed by atoms with E-state index in [-0.39, 0.29) is 12.2 Å². The average molecular weight is 378 g/mol. The Kier molecular flexibility index (Phi) is 5.91. The van der Waals surface area contributed by atoms with Crippen LogP contribution in [0.2, 0.25) is 0 Å². The van der Waals surface area contributed by atoms with Crippen molar-refractivity contribution in [3.05, 3.63) is 33.8 Å². The number of carbonyl (C=O) groups excluding carboxylic acids is 1. The van der Waals surface area contributed by atoms with E-state index in [1.54, 1.807) is 18.2 Å². The van der Waals surface area contributed by atoms with E-state index in [1.807, 2.05) is 6.92 Å². The van der Waals surface area contributed by atoms with Gasteiger partial charge in [0.25, 0.3) is 5.91 Å². The third-order valence-corrected chi connectivity index (χ3v) is 4.65. The Hall–Kier alpha value is -1.41. The van der Waals surface area contributed by atoms with Crippen LogP contribution in [0.1, 0.15) is 22.3 Å². The van der Waals surface area contributed by atoms with Crippen molar-refractivity contribution < 1.29 is 23.1 Å². The van der Waals surface area contributed by atoms with Gasteiger partial charge in [-0.15, -0.1) is 0 Å². The van der Waals surface area contributed by atoms with Gasteiger partial charge in [0, 0.05) is 16.3 Å². The Labute approximate surface area is 131 Å². The first-order valence-electron chi connectivity index (χ1n) is 6.07. The Balaban J connectivity index is 2.81. The van der Waals surface area contributed by atoms with Crippen LogP contribution in [0.4, 0.5) is 0 Å². The molecule has 116 valence electrons. The lowest BCUT2D eigenvalue weighted by molar-refractivity contribution is -0.139. The monoisotopic (exact) mass is 377 g/mol. The lowest BCUT2D eigenvalue weighted by Gasteiger charge is -2.14. The molecule has 0 bridgehead atoms. The first kappa shape index (κ1) is 17.6. The van der Waals surface area contributed by atoms with Crippen LogP contribution in [-0.4, -0.2) is 43.5 Å². The number of carboxylic acids is 1. The Morgan fingerprint density at radius 1 is 1.38 bits per heavy atom. The maximum Gasteiger partial charge on any atom is 0.326 e. The van der Waals surface area contributed by atoms with Crippen LogP contribution >= 0.6 is 15.9 Å². The second-order valence-corrected chi connectivity index (χ2v) is 7.86. The van der Waals surface area contributed by atoms with Crippen LogP contribution in [0.3, 0.4) is 0 Å². The molecule has 0 aromatic heterocycles. The van der Waals surface area contributed by atoms with Crippen molar-refractivity contribution in [2.45, 2.75) is 19.4 Å². The zero-order valence-electron chi connectivity index (χ0n) is 11.6. The number of halogens is 1. The van der Waals surface area contributed by atoms with Gasteiger partial charge >= 0.3 is 5.97 Å². The number of aliphatic carboxylic acids is 1. The van der Waals surface area contributed by atoms with E-state index in [4.69, 9.17) is 5.11 Å². The molecule has 1 aromatic rings. The van der Waals surface area contributed by atoms with Gasteiger partial charge in [-0.05, 0) is 31.0 Å². The molecule has 0 aliphatic rings. The molecule has 1 atom stereocenters. The fourth-order valence-electron chi connectivity index (χ4n) is 1.56. The second kappa shape index (κ2) is 7.04. The van der Waals surface area contributed by atoms with Crippen LogP contribution in [0.15, 0.2) is 22.7 Å². The predicted octanol–water partition coefficient (Wildman–Crippen LogP) is 1.38. The topological polar surface area (TPSA) is 101 Å². The fraction of sp³-hybridized carbons (Fsp3) is 0.385. The van der Waals surface area contributed by atoms with Gasteiger partial charge in [0.05, 0.1) is 5.75 Å². The summed E-state index contributed by atoms with van der Waals surface area (Å²) in [4.78, 5) is 23.1. The van der Waals surface area contributed by atoms with Gasteiger partial charge in [0.2, 0.25) is 0 Å². The van der Waals surface area contributed by atoms with Gasteiger partial charge in [-0.3, -0.25) is 4.79 Å². The minimum Gasteiger partial charge on any atom is -0.480 e. The quantitative estimate of drug-likeness (QED) is 0.779. The third-order valence-electron chi connectivity index (χ3n) is 2.81. The van der Waals surface area contributed by atoms with E-state index >= 15 is 0 Å². The number of carboxylic acid groups (broad SMARTS) is 1. The molecule has 21 heavy (non-hydrogen) atoms. The summed E-state index contributed by atoms with van der Waals surface area (Å²) in [5, 5.41) is 11.4. The largest absolute Gasteiger partial charge is 0.480 e. The maximum absolute atomic E-state index is 12.0. The molecule has 0 radical (unpaired) electrons. The summed E-state index contributed by atoms with van der Waals surface area (Å²) >= 11 is 3.29. The van der Waals surface area contributed by atoms with Crippen LogP contribution in [0.25, 0.3) is 0 Å². The molecule has 1 amide bonds. The molecule has 6 nitrogen and oxygen atoms in total. The van der Waals surface area contributed by atoms with Crippen molar-refractivity contribution in [1.29, 1.82) is 0 Å². The molecule has 0 aliphatic heterocycles. The van der Waals surface area contributed by atoms with Crippen LogP contribution in [-0.2, 0) is 14.6 Å². The van der Waals surface area contributed by atoms with E-state index in [9.17, 15) is 18.0 Å². The molecule has 8 heteroatoms. The van der Waals surface area contributed by atoms with Crippen molar-refractivity contribution >= 4 is 37.6 Å². The summed E-state index contributed by atoms with van der Waals surface area (Å²) in [6, 6.07) is 3.64. The Bertz CT molecular complexity index is 657. The highest BCUT2D eigenvalue weighted by molar-refractivity contribution is 9.10. The summed E-state index contributed by atoms with van der Waals surface area (Å²) in [5.74, 6) is -2.13. The number of aryl methyl sites for hydroxylation is 1. The Morgan fingerprint density at radius 2 is 2.00 bits per heavy atom. The number of carbonyl (C=O) groups is 2.